The van der Waals surface area contributed by atoms with Crippen LogP contribution in [0, 0.1) is 6.92 Å². The minimum Gasteiger partial charge on any atom is -0.410 e. The zero-order chi connectivity index (χ0) is 37.2. The van der Waals surface area contributed by atoms with Crippen LogP contribution in [0.3, 0.4) is 0 Å². The third-order valence-electron chi connectivity index (χ3n) is 7.93. The van der Waals surface area contributed by atoms with Gasteiger partial charge in [-0.3, -0.25) is 5.32 Å². The average Bonchev–Trinajstić information content (AvgIpc) is 3.15. The van der Waals surface area contributed by atoms with E-state index in [-0.39, 0.29) is 9.79 Å². The van der Waals surface area contributed by atoms with E-state index < -0.39 is 28.0 Å². The van der Waals surface area contributed by atoms with E-state index in [1.807, 2.05) is 49.4 Å². The third-order valence-corrected chi connectivity index (χ3v) is 9.71. The normalized spacial score (nSPS) is 10.8. The number of amides is 5. The Balaban J connectivity index is 0.963. The first kappa shape index (κ1) is 35.9. The number of anilines is 5. The van der Waals surface area contributed by atoms with Crippen LogP contribution in [-0.4, -0.2) is 26.6 Å². The Morgan fingerprint density at radius 3 is 1.25 bits per heavy atom. The molecule has 0 aliphatic rings. The fourth-order valence-electron chi connectivity index (χ4n) is 5.18. The van der Waals surface area contributed by atoms with E-state index >= 15 is 0 Å². The SMILES string of the molecule is Cc1ccc(NC(=O)Nc2ccc(S(=O)(=O)c3ccc(NC(=O)Nc4ccc(Cc5ccc(NC(=O)Oc6ccccc6)cc5)cc4)cc3)cc2)cc1. The molecule has 0 fully saturated rings. The first-order valence-corrected chi connectivity index (χ1v) is 18.0. The molecule has 266 valence electrons. The predicted octanol–water partition coefficient (Wildman–Crippen LogP) is 9.32. The van der Waals surface area contributed by atoms with Crippen LogP contribution in [0.25, 0.3) is 0 Å². The molecule has 0 unspecified atom stereocenters. The molecule has 12 heteroatoms. The topological polar surface area (TPSA) is 155 Å². The van der Waals surface area contributed by atoms with E-state index in [9.17, 15) is 22.8 Å². The maximum absolute atomic E-state index is 13.2. The second-order valence-electron chi connectivity index (χ2n) is 12.0. The number of rotatable bonds is 10. The van der Waals surface area contributed by atoms with Crippen LogP contribution in [0.4, 0.5) is 42.8 Å². The second kappa shape index (κ2) is 16.4. The van der Waals surface area contributed by atoms with E-state index in [2.05, 4.69) is 26.6 Å². The van der Waals surface area contributed by atoms with Crippen LogP contribution in [0.1, 0.15) is 16.7 Å². The molecule has 5 amide bonds. The quantitative estimate of drug-likeness (QED) is 0.0948. The summed E-state index contributed by atoms with van der Waals surface area (Å²) in [5.41, 5.74) is 5.77. The van der Waals surface area contributed by atoms with Crippen molar-refractivity contribution in [1.29, 1.82) is 0 Å². The summed E-state index contributed by atoms with van der Waals surface area (Å²) in [6, 6.07) is 41.7. The van der Waals surface area contributed by atoms with Crippen LogP contribution in [0.15, 0.2) is 161 Å². The number of sulfone groups is 1. The van der Waals surface area contributed by atoms with Crippen LogP contribution in [0.5, 0.6) is 5.75 Å². The zero-order valence-electron chi connectivity index (χ0n) is 28.5. The number of carbonyl (C=O) groups is 3. The molecule has 0 aromatic heterocycles. The highest BCUT2D eigenvalue weighted by atomic mass is 32.2. The number of para-hydroxylation sites is 1. The molecule has 0 atom stereocenters. The van der Waals surface area contributed by atoms with Crippen LogP contribution >= 0.6 is 0 Å². The Hall–Kier alpha value is -6.92. The number of carbonyl (C=O) groups excluding carboxylic acids is 3. The van der Waals surface area contributed by atoms with E-state index in [0.717, 1.165) is 16.7 Å². The third kappa shape index (κ3) is 10.1. The van der Waals surface area contributed by atoms with Gasteiger partial charge in [0.25, 0.3) is 0 Å². The molecule has 0 saturated carbocycles. The molecule has 11 nitrogen and oxygen atoms in total. The van der Waals surface area contributed by atoms with Gasteiger partial charge in [-0.1, -0.05) is 60.2 Å². The summed E-state index contributed by atoms with van der Waals surface area (Å²) in [4.78, 5) is 37.3. The minimum absolute atomic E-state index is 0.0494. The maximum atomic E-state index is 13.2. The van der Waals surface area contributed by atoms with Gasteiger partial charge in [-0.05, 0) is 122 Å². The number of ether oxygens (including phenoxy) is 1. The first-order chi connectivity index (χ1) is 25.6. The molecule has 0 bridgehead atoms. The standard InChI is InChI=1S/C41H35N5O6S/c1-28-7-13-31(14-8-28)42-39(47)44-33-19-23-37(24-20-33)53(50,51)38-25-21-34(22-26-38)45-40(48)43-32-15-9-29(10-16-32)27-30-11-17-35(18-12-30)46-41(49)52-36-5-3-2-4-6-36/h2-26H,27H2,1H3,(H,46,49)(H2,42,44,47)(H2,43,45,48). The fourth-order valence-corrected chi connectivity index (χ4v) is 6.44. The number of nitrogens with one attached hydrogen (secondary N) is 5. The van der Waals surface area contributed by atoms with Gasteiger partial charge in [-0.15, -0.1) is 0 Å². The highest BCUT2D eigenvalue weighted by molar-refractivity contribution is 7.91. The molecular formula is C41H35N5O6S. The molecule has 0 heterocycles. The van der Waals surface area contributed by atoms with Crippen LogP contribution < -0.4 is 31.3 Å². The lowest BCUT2D eigenvalue weighted by molar-refractivity contribution is 0.215. The second-order valence-corrected chi connectivity index (χ2v) is 13.9. The van der Waals surface area contributed by atoms with Crippen LogP contribution in [-0.2, 0) is 16.3 Å². The van der Waals surface area contributed by atoms with Gasteiger partial charge in [0.1, 0.15) is 5.75 Å². The van der Waals surface area contributed by atoms with Crippen molar-refractivity contribution in [3.8, 4) is 5.75 Å². The Morgan fingerprint density at radius 1 is 0.472 bits per heavy atom. The molecule has 6 aromatic carbocycles. The Kier molecular flexibility index (Phi) is 11.1. The van der Waals surface area contributed by atoms with Gasteiger partial charge in [0.05, 0.1) is 9.79 Å². The number of hydrogen-bond acceptors (Lipinski definition) is 6. The monoisotopic (exact) mass is 725 g/mol. The summed E-state index contributed by atoms with van der Waals surface area (Å²) >= 11 is 0. The van der Waals surface area contributed by atoms with Gasteiger partial charge in [0.15, 0.2) is 0 Å². The number of urea groups is 2. The fraction of sp³-hybridized carbons (Fsp3) is 0.0488. The maximum Gasteiger partial charge on any atom is 0.417 e. The number of benzene rings is 6. The summed E-state index contributed by atoms with van der Waals surface area (Å²) in [7, 11) is -3.85. The molecule has 0 aliphatic carbocycles. The summed E-state index contributed by atoms with van der Waals surface area (Å²) in [5, 5.41) is 13.6. The Labute approximate surface area is 307 Å². The smallest absolute Gasteiger partial charge is 0.410 e. The number of aryl methyl sites for hydroxylation is 1. The van der Waals surface area contributed by atoms with Crippen molar-refractivity contribution in [2.45, 2.75) is 23.1 Å². The highest BCUT2D eigenvalue weighted by Gasteiger charge is 2.18. The van der Waals surface area contributed by atoms with Crippen molar-refractivity contribution in [1.82, 2.24) is 0 Å². The van der Waals surface area contributed by atoms with Crippen molar-refractivity contribution in [3.05, 3.63) is 168 Å². The van der Waals surface area contributed by atoms with Crippen molar-refractivity contribution in [2.75, 3.05) is 26.6 Å². The molecule has 6 aromatic rings. The summed E-state index contributed by atoms with van der Waals surface area (Å²) < 4.78 is 31.7. The zero-order valence-corrected chi connectivity index (χ0v) is 29.3. The summed E-state index contributed by atoms with van der Waals surface area (Å²) in [6.45, 7) is 1.95. The molecule has 5 N–H and O–H groups in total. The van der Waals surface area contributed by atoms with Gasteiger partial charge in [0, 0.05) is 28.4 Å². The molecule has 6 rings (SSSR count). The first-order valence-electron chi connectivity index (χ1n) is 16.5. The van der Waals surface area contributed by atoms with E-state index in [4.69, 9.17) is 4.74 Å². The highest BCUT2D eigenvalue weighted by Crippen LogP contribution is 2.24. The largest absolute Gasteiger partial charge is 0.417 e. The summed E-state index contributed by atoms with van der Waals surface area (Å²) in [6.07, 6.45) is 0.0691. The van der Waals surface area contributed by atoms with Gasteiger partial charge >= 0.3 is 18.2 Å². The van der Waals surface area contributed by atoms with Gasteiger partial charge < -0.3 is 26.0 Å². The predicted molar refractivity (Wildman–Crippen MR) is 207 cm³/mol. The lowest BCUT2D eigenvalue weighted by Crippen LogP contribution is -2.19. The van der Waals surface area contributed by atoms with E-state index in [1.165, 1.54) is 48.5 Å². The van der Waals surface area contributed by atoms with Crippen molar-refractivity contribution in [2.24, 2.45) is 0 Å². The molecular weight excluding hydrogens is 691 g/mol. The van der Waals surface area contributed by atoms with Gasteiger partial charge in [0.2, 0.25) is 9.84 Å². The molecule has 0 radical (unpaired) electrons. The molecule has 0 spiro atoms. The van der Waals surface area contributed by atoms with Crippen LogP contribution in [0.2, 0.25) is 0 Å². The van der Waals surface area contributed by atoms with E-state index in [0.29, 0.717) is 40.6 Å². The minimum atomic E-state index is -3.85. The molecule has 0 saturated heterocycles. The molecule has 0 aliphatic heterocycles. The van der Waals surface area contributed by atoms with E-state index in [1.54, 1.807) is 60.7 Å². The summed E-state index contributed by atoms with van der Waals surface area (Å²) in [5.74, 6) is 0.455. The number of hydrogen-bond donors (Lipinski definition) is 5. The van der Waals surface area contributed by atoms with Gasteiger partial charge in [-0.2, -0.15) is 0 Å². The Morgan fingerprint density at radius 2 is 0.830 bits per heavy atom. The van der Waals surface area contributed by atoms with Crippen molar-refractivity contribution >= 4 is 56.4 Å². The lowest BCUT2D eigenvalue weighted by Gasteiger charge is -2.11. The van der Waals surface area contributed by atoms with Gasteiger partial charge in [-0.25, -0.2) is 22.8 Å². The Bertz CT molecular complexity index is 2300. The van der Waals surface area contributed by atoms with Crippen molar-refractivity contribution in [3.63, 3.8) is 0 Å². The van der Waals surface area contributed by atoms with Crippen molar-refractivity contribution < 1.29 is 27.5 Å². The lowest BCUT2D eigenvalue weighted by atomic mass is 10.0. The average molecular weight is 726 g/mol. The molecule has 53 heavy (non-hydrogen) atoms.